The number of methoxy groups -OCH3 is 2. The zero-order chi connectivity index (χ0) is 14.7. The predicted molar refractivity (Wildman–Crippen MR) is 75.0 cm³/mol. The summed E-state index contributed by atoms with van der Waals surface area (Å²) in [5.41, 5.74) is 1.12. The van der Waals surface area contributed by atoms with Gasteiger partial charge in [-0.25, -0.2) is 4.39 Å². The molecule has 0 spiro atoms. The molecule has 0 saturated heterocycles. The lowest BCUT2D eigenvalue weighted by molar-refractivity contribution is 0.219. The minimum absolute atomic E-state index is 0.0856. The molecule has 1 unspecified atom stereocenters. The Bertz CT molecular complexity index is 563. The molecule has 1 atom stereocenters. The quantitative estimate of drug-likeness (QED) is 0.937. The van der Waals surface area contributed by atoms with E-state index in [9.17, 15) is 9.50 Å². The van der Waals surface area contributed by atoms with E-state index >= 15 is 0 Å². The van der Waals surface area contributed by atoms with Crippen LogP contribution in [0.15, 0.2) is 36.4 Å². The van der Waals surface area contributed by atoms with Gasteiger partial charge in [0.1, 0.15) is 11.9 Å². The second-order valence-corrected chi connectivity index (χ2v) is 4.60. The van der Waals surface area contributed by atoms with Crippen LogP contribution in [0.5, 0.6) is 11.5 Å². The van der Waals surface area contributed by atoms with E-state index in [2.05, 4.69) is 0 Å². The first-order valence-corrected chi connectivity index (χ1v) is 6.29. The molecule has 0 fully saturated rings. The first kappa shape index (κ1) is 14.6. The molecule has 5 heteroatoms. The molecule has 0 aliphatic heterocycles. The third-order valence-electron chi connectivity index (χ3n) is 2.98. The molecule has 0 aromatic heterocycles. The topological polar surface area (TPSA) is 38.7 Å². The van der Waals surface area contributed by atoms with Crippen LogP contribution in [0.3, 0.4) is 0 Å². The van der Waals surface area contributed by atoms with E-state index in [0.29, 0.717) is 21.9 Å². The zero-order valence-electron chi connectivity index (χ0n) is 11.1. The third kappa shape index (κ3) is 2.86. The van der Waals surface area contributed by atoms with Crippen molar-refractivity contribution in [2.75, 3.05) is 14.2 Å². The van der Waals surface area contributed by atoms with E-state index in [1.54, 1.807) is 18.2 Å². The molecule has 0 aliphatic carbocycles. The van der Waals surface area contributed by atoms with Gasteiger partial charge in [0.2, 0.25) is 0 Å². The number of benzene rings is 2. The molecular weight excluding hydrogens is 283 g/mol. The Hall–Kier alpha value is -1.78. The van der Waals surface area contributed by atoms with Gasteiger partial charge in [0, 0.05) is 0 Å². The summed E-state index contributed by atoms with van der Waals surface area (Å²) in [7, 11) is 2.87. The van der Waals surface area contributed by atoms with Gasteiger partial charge in [0.05, 0.1) is 19.2 Å². The van der Waals surface area contributed by atoms with Crippen molar-refractivity contribution in [1.82, 2.24) is 0 Å². The average molecular weight is 297 g/mol. The van der Waals surface area contributed by atoms with Crippen molar-refractivity contribution >= 4 is 11.6 Å². The molecule has 0 bridgehead atoms. The Labute approximate surface area is 121 Å². The maximum absolute atomic E-state index is 13.4. The highest BCUT2D eigenvalue weighted by Crippen LogP contribution is 2.32. The van der Waals surface area contributed by atoms with E-state index in [1.807, 2.05) is 0 Å². The van der Waals surface area contributed by atoms with Crippen LogP contribution in [0.4, 0.5) is 4.39 Å². The monoisotopic (exact) mass is 296 g/mol. The molecule has 0 saturated carbocycles. The fraction of sp³-hybridized carbons (Fsp3) is 0.200. The maximum atomic E-state index is 13.4. The summed E-state index contributed by atoms with van der Waals surface area (Å²) in [4.78, 5) is 0. The molecule has 2 aromatic carbocycles. The molecule has 0 heterocycles. The fourth-order valence-electron chi connectivity index (χ4n) is 1.89. The number of hydrogen-bond donors (Lipinski definition) is 1. The van der Waals surface area contributed by atoms with Gasteiger partial charge >= 0.3 is 0 Å². The first-order valence-electron chi connectivity index (χ1n) is 5.91. The third-order valence-corrected chi connectivity index (χ3v) is 3.29. The van der Waals surface area contributed by atoms with Crippen molar-refractivity contribution in [3.05, 3.63) is 58.4 Å². The fourth-order valence-corrected chi connectivity index (χ4v) is 2.08. The van der Waals surface area contributed by atoms with Crippen molar-refractivity contribution < 1.29 is 19.0 Å². The Morgan fingerprint density at radius 2 is 1.55 bits per heavy atom. The second kappa shape index (κ2) is 6.11. The highest BCUT2D eigenvalue weighted by atomic mass is 35.5. The summed E-state index contributed by atoms with van der Waals surface area (Å²) < 4.78 is 23.4. The number of halogens is 2. The van der Waals surface area contributed by atoms with Crippen LogP contribution in [0.25, 0.3) is 0 Å². The Morgan fingerprint density at radius 1 is 1.00 bits per heavy atom. The molecule has 0 radical (unpaired) electrons. The molecular formula is C15H14ClFO3. The van der Waals surface area contributed by atoms with Gasteiger partial charge in [-0.15, -0.1) is 0 Å². The number of hydrogen-bond acceptors (Lipinski definition) is 3. The maximum Gasteiger partial charge on any atom is 0.165 e. The summed E-state index contributed by atoms with van der Waals surface area (Å²) in [6.07, 6.45) is -0.921. The second-order valence-electron chi connectivity index (χ2n) is 4.19. The minimum Gasteiger partial charge on any atom is -0.495 e. The summed E-state index contributed by atoms with van der Waals surface area (Å²) in [6, 6.07) is 9.18. The van der Waals surface area contributed by atoms with E-state index in [-0.39, 0.29) is 5.75 Å². The summed E-state index contributed by atoms with van der Waals surface area (Å²) in [6.45, 7) is 0. The molecule has 0 amide bonds. The summed E-state index contributed by atoms with van der Waals surface area (Å²) >= 11 is 5.94. The lowest BCUT2D eigenvalue weighted by Crippen LogP contribution is -2.01. The first-order chi connectivity index (χ1) is 9.56. The highest BCUT2D eigenvalue weighted by molar-refractivity contribution is 6.32. The van der Waals surface area contributed by atoms with E-state index in [4.69, 9.17) is 21.1 Å². The van der Waals surface area contributed by atoms with E-state index in [0.717, 1.165) is 0 Å². The number of aliphatic hydroxyl groups excluding tert-OH is 1. The lowest BCUT2D eigenvalue weighted by atomic mass is 10.0. The van der Waals surface area contributed by atoms with Crippen molar-refractivity contribution in [1.29, 1.82) is 0 Å². The van der Waals surface area contributed by atoms with Crippen molar-refractivity contribution in [2.24, 2.45) is 0 Å². The SMILES string of the molecule is COc1cc(C(O)c2ccc(Cl)c(OC)c2)ccc1F. The Morgan fingerprint density at radius 3 is 2.15 bits per heavy atom. The molecule has 2 aromatic rings. The van der Waals surface area contributed by atoms with Gasteiger partial charge in [-0.3, -0.25) is 0 Å². The van der Waals surface area contributed by atoms with Crippen LogP contribution in [-0.4, -0.2) is 19.3 Å². The predicted octanol–water partition coefficient (Wildman–Crippen LogP) is 3.58. The smallest absolute Gasteiger partial charge is 0.165 e. The number of ether oxygens (including phenoxy) is 2. The number of aliphatic hydroxyl groups is 1. The Kier molecular flexibility index (Phi) is 4.47. The highest BCUT2D eigenvalue weighted by Gasteiger charge is 2.15. The van der Waals surface area contributed by atoms with Crippen molar-refractivity contribution in [3.63, 3.8) is 0 Å². The normalized spacial score (nSPS) is 12.1. The van der Waals surface area contributed by atoms with Crippen LogP contribution in [0.2, 0.25) is 5.02 Å². The number of rotatable bonds is 4. The lowest BCUT2D eigenvalue weighted by Gasteiger charge is -2.14. The van der Waals surface area contributed by atoms with Crippen LogP contribution in [0, 0.1) is 5.82 Å². The van der Waals surface area contributed by atoms with Crippen LogP contribution >= 0.6 is 11.6 Å². The molecule has 3 nitrogen and oxygen atoms in total. The molecule has 2 rings (SSSR count). The van der Waals surface area contributed by atoms with Gasteiger partial charge in [-0.2, -0.15) is 0 Å². The summed E-state index contributed by atoms with van der Waals surface area (Å²) in [5, 5.41) is 10.8. The average Bonchev–Trinajstić information content (AvgIpc) is 2.47. The Balaban J connectivity index is 2.38. The van der Waals surface area contributed by atoms with Crippen molar-refractivity contribution in [3.8, 4) is 11.5 Å². The van der Waals surface area contributed by atoms with E-state index < -0.39 is 11.9 Å². The van der Waals surface area contributed by atoms with Gasteiger partial charge in [-0.05, 0) is 35.4 Å². The molecule has 0 aliphatic rings. The molecule has 20 heavy (non-hydrogen) atoms. The van der Waals surface area contributed by atoms with Gasteiger partial charge < -0.3 is 14.6 Å². The molecule has 106 valence electrons. The standard InChI is InChI=1S/C15H14ClFO3/c1-19-13-7-9(3-5-11(13)16)15(18)10-4-6-12(17)14(8-10)20-2/h3-8,15,18H,1-2H3. The van der Waals surface area contributed by atoms with Crippen LogP contribution in [-0.2, 0) is 0 Å². The largest absolute Gasteiger partial charge is 0.495 e. The van der Waals surface area contributed by atoms with E-state index in [1.165, 1.54) is 32.4 Å². The van der Waals surface area contributed by atoms with Crippen molar-refractivity contribution in [2.45, 2.75) is 6.10 Å². The van der Waals surface area contributed by atoms with Gasteiger partial charge in [0.25, 0.3) is 0 Å². The van der Waals surface area contributed by atoms with Crippen LogP contribution < -0.4 is 9.47 Å². The minimum atomic E-state index is -0.921. The zero-order valence-corrected chi connectivity index (χ0v) is 11.8. The molecule has 1 N–H and O–H groups in total. The van der Waals surface area contributed by atoms with Crippen LogP contribution in [0.1, 0.15) is 17.2 Å². The summed E-state index contributed by atoms with van der Waals surface area (Å²) in [5.74, 6) is 0.0805. The van der Waals surface area contributed by atoms with Gasteiger partial charge in [-0.1, -0.05) is 23.7 Å². The van der Waals surface area contributed by atoms with Gasteiger partial charge in [0.15, 0.2) is 11.6 Å².